The molecule has 4 N–H and O–H groups in total. The predicted molar refractivity (Wildman–Crippen MR) is 88.8 cm³/mol. The maximum Gasteiger partial charge on any atom is 0.309 e. The van der Waals surface area contributed by atoms with Crippen molar-refractivity contribution >= 4 is 5.97 Å². The molecule has 132 valence electrons. The van der Waals surface area contributed by atoms with E-state index < -0.39 is 11.4 Å². The average Bonchev–Trinajstić information content (AvgIpc) is 3.19. The van der Waals surface area contributed by atoms with Crippen LogP contribution in [0.1, 0.15) is 31.9 Å². The summed E-state index contributed by atoms with van der Waals surface area (Å²) in [4.78, 5) is 11.1. The van der Waals surface area contributed by atoms with Gasteiger partial charge >= 0.3 is 5.97 Å². The first-order chi connectivity index (χ1) is 11.5. The Kier molecular flexibility index (Phi) is 4.93. The fourth-order valence-electron chi connectivity index (χ4n) is 2.98. The van der Waals surface area contributed by atoms with Crippen molar-refractivity contribution in [2.75, 3.05) is 26.4 Å². The molecule has 1 aromatic rings. The maximum atomic E-state index is 11.1. The second-order valence-corrected chi connectivity index (χ2v) is 7.02. The van der Waals surface area contributed by atoms with Crippen LogP contribution in [0.4, 0.5) is 0 Å². The second kappa shape index (κ2) is 6.96. The monoisotopic (exact) mass is 335 g/mol. The number of aliphatic carboxylic acids is 1. The van der Waals surface area contributed by atoms with Crippen molar-refractivity contribution < 1.29 is 19.4 Å². The molecule has 7 heteroatoms. The van der Waals surface area contributed by atoms with E-state index in [-0.39, 0.29) is 12.8 Å². The fourth-order valence-corrected chi connectivity index (χ4v) is 2.98. The second-order valence-electron chi connectivity index (χ2n) is 7.02. The van der Waals surface area contributed by atoms with Gasteiger partial charge in [-0.15, -0.1) is 0 Å². The number of hydrogen-bond donors (Lipinski definition) is 4. The number of rotatable bonds is 7. The van der Waals surface area contributed by atoms with E-state index in [1.165, 1.54) is 0 Å². The first-order valence-electron chi connectivity index (χ1n) is 8.29. The highest BCUT2D eigenvalue weighted by molar-refractivity contribution is 5.73. The Morgan fingerprint density at radius 2 is 2.17 bits per heavy atom. The summed E-state index contributed by atoms with van der Waals surface area (Å²) in [5.41, 5.74) is 6.97. The van der Waals surface area contributed by atoms with Gasteiger partial charge in [0.15, 0.2) is 11.5 Å². The number of ether oxygens (including phenoxy) is 2. The van der Waals surface area contributed by atoms with Crippen molar-refractivity contribution in [3.05, 3.63) is 23.8 Å². The van der Waals surface area contributed by atoms with Crippen LogP contribution in [-0.2, 0) is 4.79 Å². The molecule has 2 heterocycles. The standard InChI is InChI=1S/C17H25N3O4/c1-17(2,16(21)22)5-6-18-8-12-9-19-20-15(12)11-3-4-13-14(7-11)24-10-23-13/h3-4,7,12,15,18-20H,5-6,8-10H2,1-2H3,(H,21,22). The highest BCUT2D eigenvalue weighted by Gasteiger charge is 2.30. The van der Waals surface area contributed by atoms with Crippen LogP contribution >= 0.6 is 0 Å². The highest BCUT2D eigenvalue weighted by Crippen LogP contribution is 2.36. The van der Waals surface area contributed by atoms with Crippen LogP contribution in [0.2, 0.25) is 0 Å². The number of carboxylic acids is 1. The van der Waals surface area contributed by atoms with Gasteiger partial charge in [-0.3, -0.25) is 10.2 Å². The summed E-state index contributed by atoms with van der Waals surface area (Å²) >= 11 is 0. The predicted octanol–water partition coefficient (Wildman–Crippen LogP) is 1.27. The zero-order chi connectivity index (χ0) is 17.2. The summed E-state index contributed by atoms with van der Waals surface area (Å²) in [5, 5.41) is 12.5. The van der Waals surface area contributed by atoms with Crippen molar-refractivity contribution in [2.45, 2.75) is 26.3 Å². The molecule has 2 aliphatic rings. The molecule has 0 aliphatic carbocycles. The van der Waals surface area contributed by atoms with Crippen LogP contribution < -0.4 is 25.6 Å². The number of carboxylic acid groups (broad SMARTS) is 1. The van der Waals surface area contributed by atoms with Crippen LogP contribution in [0.5, 0.6) is 11.5 Å². The van der Waals surface area contributed by atoms with E-state index in [2.05, 4.69) is 22.2 Å². The first kappa shape index (κ1) is 17.0. The molecule has 3 rings (SSSR count). The number of hydrazine groups is 1. The van der Waals surface area contributed by atoms with Gasteiger partial charge in [0.2, 0.25) is 6.79 Å². The van der Waals surface area contributed by atoms with E-state index in [1.54, 1.807) is 13.8 Å². The smallest absolute Gasteiger partial charge is 0.309 e. The number of benzene rings is 1. The molecule has 0 radical (unpaired) electrons. The lowest BCUT2D eigenvalue weighted by Gasteiger charge is -2.22. The van der Waals surface area contributed by atoms with Crippen LogP contribution in [0, 0.1) is 11.3 Å². The lowest BCUT2D eigenvalue weighted by molar-refractivity contribution is -0.147. The Labute approximate surface area is 141 Å². The number of nitrogens with one attached hydrogen (secondary N) is 3. The highest BCUT2D eigenvalue weighted by atomic mass is 16.7. The van der Waals surface area contributed by atoms with Crippen molar-refractivity contribution in [3.8, 4) is 11.5 Å². The van der Waals surface area contributed by atoms with Gasteiger partial charge in [-0.1, -0.05) is 6.07 Å². The van der Waals surface area contributed by atoms with Gasteiger partial charge in [-0.05, 0) is 44.5 Å². The lowest BCUT2D eigenvalue weighted by Crippen LogP contribution is -2.33. The van der Waals surface area contributed by atoms with Crippen molar-refractivity contribution in [1.29, 1.82) is 0 Å². The van der Waals surface area contributed by atoms with Crippen molar-refractivity contribution in [2.24, 2.45) is 11.3 Å². The average molecular weight is 335 g/mol. The van der Waals surface area contributed by atoms with Gasteiger partial charge in [0.1, 0.15) is 0 Å². The Hall–Kier alpha value is -1.83. The van der Waals surface area contributed by atoms with E-state index in [0.29, 0.717) is 18.9 Å². The minimum Gasteiger partial charge on any atom is -0.481 e. The summed E-state index contributed by atoms with van der Waals surface area (Å²) in [6.07, 6.45) is 0.602. The Morgan fingerprint density at radius 1 is 1.38 bits per heavy atom. The van der Waals surface area contributed by atoms with E-state index >= 15 is 0 Å². The van der Waals surface area contributed by atoms with E-state index in [0.717, 1.165) is 30.2 Å². The summed E-state index contributed by atoms with van der Waals surface area (Å²) in [5.74, 6) is 1.19. The molecule has 1 fully saturated rings. The minimum absolute atomic E-state index is 0.180. The third-order valence-electron chi connectivity index (χ3n) is 4.76. The van der Waals surface area contributed by atoms with Crippen molar-refractivity contribution in [1.82, 2.24) is 16.2 Å². The van der Waals surface area contributed by atoms with E-state index in [4.69, 9.17) is 14.6 Å². The molecule has 0 amide bonds. The summed E-state index contributed by atoms with van der Waals surface area (Å²) in [6.45, 7) is 6.14. The van der Waals surface area contributed by atoms with Crippen LogP contribution in [0.3, 0.4) is 0 Å². The minimum atomic E-state index is -0.758. The molecule has 0 spiro atoms. The van der Waals surface area contributed by atoms with Gasteiger partial charge in [0, 0.05) is 19.0 Å². The molecule has 2 aliphatic heterocycles. The Morgan fingerprint density at radius 3 is 2.96 bits per heavy atom. The molecule has 0 bridgehead atoms. The van der Waals surface area contributed by atoms with Crippen LogP contribution in [0.25, 0.3) is 0 Å². The van der Waals surface area contributed by atoms with Gasteiger partial charge in [-0.25, -0.2) is 5.43 Å². The Bertz CT molecular complexity index is 605. The van der Waals surface area contributed by atoms with Crippen LogP contribution in [0.15, 0.2) is 18.2 Å². The van der Waals surface area contributed by atoms with Gasteiger partial charge in [0.05, 0.1) is 11.5 Å². The molecule has 2 atom stereocenters. The molecule has 0 saturated carbocycles. The zero-order valence-electron chi connectivity index (χ0n) is 14.1. The molecular formula is C17H25N3O4. The largest absolute Gasteiger partial charge is 0.481 e. The molecule has 1 aromatic carbocycles. The number of hydrogen-bond acceptors (Lipinski definition) is 6. The third kappa shape index (κ3) is 3.63. The SMILES string of the molecule is CC(C)(CCNCC1CNNC1c1ccc2c(c1)OCO2)C(=O)O. The number of carbonyl (C=O) groups is 1. The van der Waals surface area contributed by atoms with Gasteiger partial charge < -0.3 is 19.9 Å². The zero-order valence-corrected chi connectivity index (χ0v) is 14.1. The summed E-state index contributed by atoms with van der Waals surface area (Å²) in [7, 11) is 0. The van der Waals surface area contributed by atoms with Gasteiger partial charge in [0.25, 0.3) is 0 Å². The molecule has 7 nitrogen and oxygen atoms in total. The van der Waals surface area contributed by atoms with Crippen molar-refractivity contribution in [3.63, 3.8) is 0 Å². The fraction of sp³-hybridized carbons (Fsp3) is 0.588. The van der Waals surface area contributed by atoms with E-state index in [1.807, 2.05) is 12.1 Å². The molecule has 0 aromatic heterocycles. The van der Waals surface area contributed by atoms with E-state index in [9.17, 15) is 4.79 Å². The normalized spacial score (nSPS) is 22.8. The maximum absolute atomic E-state index is 11.1. The number of fused-ring (bicyclic) bond motifs is 1. The molecule has 2 unspecified atom stereocenters. The lowest BCUT2D eigenvalue weighted by atomic mass is 9.89. The first-order valence-corrected chi connectivity index (χ1v) is 8.29. The molecular weight excluding hydrogens is 310 g/mol. The van der Waals surface area contributed by atoms with Crippen LogP contribution in [-0.4, -0.2) is 37.5 Å². The molecule has 1 saturated heterocycles. The topological polar surface area (TPSA) is 91.9 Å². The Balaban J connectivity index is 1.53. The summed E-state index contributed by atoms with van der Waals surface area (Å²) in [6, 6.07) is 6.20. The van der Waals surface area contributed by atoms with Gasteiger partial charge in [-0.2, -0.15) is 0 Å². The summed E-state index contributed by atoms with van der Waals surface area (Å²) < 4.78 is 10.8. The quantitative estimate of drug-likeness (QED) is 0.558. The third-order valence-corrected chi connectivity index (χ3v) is 4.76. The molecule has 24 heavy (non-hydrogen) atoms.